The molecule has 0 saturated carbocycles. The number of aryl methyl sites for hydroxylation is 1. The second kappa shape index (κ2) is 6.99. The first-order valence-electron chi connectivity index (χ1n) is 8.23. The van der Waals surface area contributed by atoms with Crippen molar-refractivity contribution >= 4 is 6.09 Å². The molecule has 0 spiro atoms. The molecule has 24 heavy (non-hydrogen) atoms. The molecule has 1 aliphatic carbocycles. The Balaban J connectivity index is 2.18. The summed E-state index contributed by atoms with van der Waals surface area (Å²) < 4.78 is 5.27. The Kier molecular flexibility index (Phi) is 5.40. The average molecular weight is 337 g/mol. The molecule has 1 atom stereocenters. The van der Waals surface area contributed by atoms with E-state index in [-0.39, 0.29) is 24.9 Å². The summed E-state index contributed by atoms with van der Waals surface area (Å²) in [5.41, 5.74) is 0.324. The van der Waals surface area contributed by atoms with Gasteiger partial charge in [0, 0.05) is 0 Å². The van der Waals surface area contributed by atoms with Gasteiger partial charge in [-0.05, 0) is 69.2 Å². The van der Waals surface area contributed by atoms with Gasteiger partial charge in [0.05, 0.1) is 18.8 Å². The Morgan fingerprint density at radius 1 is 1.25 bits per heavy atom. The normalized spacial score (nSPS) is 18.0. The molecule has 1 aromatic rings. The second-order valence-electron chi connectivity index (χ2n) is 7.49. The Morgan fingerprint density at radius 3 is 2.50 bits per heavy atom. The minimum Gasteiger partial charge on any atom is -0.508 e. The van der Waals surface area contributed by atoms with E-state index in [2.05, 4.69) is 5.32 Å². The van der Waals surface area contributed by atoms with Crippen LogP contribution in [0.3, 0.4) is 0 Å². The Bertz CT molecular complexity index is 590. The van der Waals surface area contributed by atoms with Crippen LogP contribution in [0.4, 0.5) is 4.79 Å². The van der Waals surface area contributed by atoms with Crippen molar-refractivity contribution in [2.45, 2.75) is 51.2 Å². The summed E-state index contributed by atoms with van der Waals surface area (Å²) in [6.45, 7) is 4.53. The number of ether oxygens (including phenoxy) is 1. The summed E-state index contributed by atoms with van der Waals surface area (Å²) >= 11 is 0. The Morgan fingerprint density at radius 2 is 1.92 bits per heavy atom. The van der Waals surface area contributed by atoms with Crippen molar-refractivity contribution in [1.82, 2.24) is 5.32 Å². The Labute approximate surface area is 142 Å². The summed E-state index contributed by atoms with van der Waals surface area (Å²) in [6, 6.07) is 5.22. The van der Waals surface area contributed by atoms with Gasteiger partial charge in [-0.25, -0.2) is 4.79 Å². The van der Waals surface area contributed by atoms with Gasteiger partial charge in [-0.1, -0.05) is 6.07 Å². The van der Waals surface area contributed by atoms with Crippen LogP contribution in [0.5, 0.6) is 5.75 Å². The van der Waals surface area contributed by atoms with Gasteiger partial charge < -0.3 is 25.4 Å². The van der Waals surface area contributed by atoms with Crippen molar-refractivity contribution in [2.24, 2.45) is 5.92 Å². The van der Waals surface area contributed by atoms with E-state index >= 15 is 0 Å². The van der Waals surface area contributed by atoms with Gasteiger partial charge in [0.15, 0.2) is 0 Å². The van der Waals surface area contributed by atoms with Crippen LogP contribution in [-0.4, -0.2) is 45.8 Å². The number of phenolic OH excluding ortho intramolecular Hbond substituents is 1. The quantitative estimate of drug-likeness (QED) is 0.671. The molecule has 0 radical (unpaired) electrons. The summed E-state index contributed by atoms with van der Waals surface area (Å²) in [5, 5.41) is 32.1. The smallest absolute Gasteiger partial charge is 0.408 e. The number of hydrogen-bond acceptors (Lipinski definition) is 5. The minimum absolute atomic E-state index is 0.128. The third kappa shape index (κ3) is 4.19. The van der Waals surface area contributed by atoms with Crippen LogP contribution in [0.25, 0.3) is 0 Å². The number of phenols is 1. The highest BCUT2D eigenvalue weighted by Crippen LogP contribution is 2.34. The number of fused-ring (bicyclic) bond motifs is 1. The SMILES string of the molecule is CC(C)(C)OC(=O)NC(CO)(CO)C1CCc2cc(O)ccc2C1. The van der Waals surface area contributed by atoms with Gasteiger partial charge in [-0.2, -0.15) is 0 Å². The first-order chi connectivity index (χ1) is 11.2. The lowest BCUT2D eigenvalue weighted by molar-refractivity contribution is 0.00932. The predicted octanol–water partition coefficient (Wildman–Crippen LogP) is 1.75. The zero-order valence-electron chi connectivity index (χ0n) is 14.5. The lowest BCUT2D eigenvalue weighted by atomic mass is 9.73. The van der Waals surface area contributed by atoms with E-state index in [1.54, 1.807) is 32.9 Å². The highest BCUT2D eigenvalue weighted by Gasteiger charge is 2.41. The van der Waals surface area contributed by atoms with E-state index in [9.17, 15) is 20.1 Å². The molecule has 0 aromatic heterocycles. The number of rotatable bonds is 4. The number of carbonyl (C=O) groups excluding carboxylic acids is 1. The molecule has 1 aromatic carbocycles. The van der Waals surface area contributed by atoms with Crippen LogP contribution in [-0.2, 0) is 17.6 Å². The predicted molar refractivity (Wildman–Crippen MR) is 89.9 cm³/mol. The van der Waals surface area contributed by atoms with Crippen LogP contribution >= 0.6 is 0 Å². The third-order valence-corrected chi connectivity index (χ3v) is 4.51. The topological polar surface area (TPSA) is 99.0 Å². The maximum atomic E-state index is 12.1. The molecule has 134 valence electrons. The van der Waals surface area contributed by atoms with Gasteiger partial charge in [0.2, 0.25) is 0 Å². The summed E-state index contributed by atoms with van der Waals surface area (Å²) in [5.74, 6) is 0.103. The number of hydrogen-bond donors (Lipinski definition) is 4. The fourth-order valence-corrected chi connectivity index (χ4v) is 3.21. The maximum absolute atomic E-state index is 12.1. The molecule has 6 heteroatoms. The van der Waals surface area contributed by atoms with Gasteiger partial charge in [0.25, 0.3) is 0 Å². The van der Waals surface area contributed by atoms with Crippen molar-refractivity contribution in [3.63, 3.8) is 0 Å². The third-order valence-electron chi connectivity index (χ3n) is 4.51. The largest absolute Gasteiger partial charge is 0.508 e. The molecule has 0 heterocycles. The van der Waals surface area contributed by atoms with Gasteiger partial charge in [-0.15, -0.1) is 0 Å². The number of aliphatic hydroxyl groups excluding tert-OH is 2. The molecule has 1 amide bonds. The first kappa shape index (κ1) is 18.5. The van der Waals surface area contributed by atoms with Crippen LogP contribution in [0, 0.1) is 5.92 Å². The molecule has 0 aliphatic heterocycles. The van der Waals surface area contributed by atoms with Gasteiger partial charge in [0.1, 0.15) is 11.4 Å². The minimum atomic E-state index is -1.14. The van der Waals surface area contributed by atoms with E-state index in [0.717, 1.165) is 11.1 Å². The summed E-state index contributed by atoms with van der Waals surface area (Å²) in [7, 11) is 0. The zero-order valence-corrected chi connectivity index (χ0v) is 14.5. The summed E-state index contributed by atoms with van der Waals surface area (Å²) in [6.07, 6.45) is 1.36. The number of amides is 1. The zero-order chi connectivity index (χ0) is 18.0. The fraction of sp³-hybridized carbons (Fsp3) is 0.611. The van der Waals surface area contributed by atoms with Gasteiger partial charge in [-0.3, -0.25) is 0 Å². The molecule has 1 unspecified atom stereocenters. The number of aliphatic hydroxyl groups is 2. The number of benzene rings is 1. The lowest BCUT2D eigenvalue weighted by Crippen LogP contribution is -2.61. The molecular formula is C18H27NO5. The van der Waals surface area contributed by atoms with Crippen molar-refractivity contribution in [3.8, 4) is 5.75 Å². The molecule has 1 aliphatic rings. The van der Waals surface area contributed by atoms with Crippen LogP contribution in [0.15, 0.2) is 18.2 Å². The van der Waals surface area contributed by atoms with Crippen LogP contribution < -0.4 is 5.32 Å². The number of carbonyl (C=O) groups is 1. The summed E-state index contributed by atoms with van der Waals surface area (Å²) in [4.78, 5) is 12.1. The number of alkyl carbamates (subject to hydrolysis) is 1. The van der Waals surface area contributed by atoms with E-state index in [1.807, 2.05) is 6.07 Å². The molecule has 0 saturated heterocycles. The van der Waals surface area contributed by atoms with E-state index in [0.29, 0.717) is 19.3 Å². The van der Waals surface area contributed by atoms with E-state index in [1.165, 1.54) is 0 Å². The van der Waals surface area contributed by atoms with Crippen molar-refractivity contribution in [2.75, 3.05) is 13.2 Å². The molecule has 0 fully saturated rings. The first-order valence-corrected chi connectivity index (χ1v) is 8.23. The maximum Gasteiger partial charge on any atom is 0.408 e. The molecular weight excluding hydrogens is 310 g/mol. The van der Waals surface area contributed by atoms with Crippen molar-refractivity contribution < 1.29 is 24.9 Å². The molecule has 0 bridgehead atoms. The molecule has 2 rings (SSSR count). The van der Waals surface area contributed by atoms with Crippen LogP contribution in [0.2, 0.25) is 0 Å². The standard InChI is InChI=1S/C18H27NO5/c1-17(2,3)24-16(23)19-18(10-20,11-21)14-6-4-13-9-15(22)7-5-12(13)8-14/h5,7,9,14,20-22H,4,6,8,10-11H2,1-3H3,(H,19,23). The lowest BCUT2D eigenvalue weighted by Gasteiger charge is -2.41. The second-order valence-corrected chi connectivity index (χ2v) is 7.49. The highest BCUT2D eigenvalue weighted by molar-refractivity contribution is 5.69. The van der Waals surface area contributed by atoms with Crippen molar-refractivity contribution in [1.29, 1.82) is 0 Å². The fourth-order valence-electron chi connectivity index (χ4n) is 3.21. The Hall–Kier alpha value is -1.79. The number of nitrogens with one attached hydrogen (secondary N) is 1. The van der Waals surface area contributed by atoms with Crippen molar-refractivity contribution in [3.05, 3.63) is 29.3 Å². The highest BCUT2D eigenvalue weighted by atomic mass is 16.6. The number of aromatic hydroxyl groups is 1. The molecule has 6 nitrogen and oxygen atoms in total. The monoisotopic (exact) mass is 337 g/mol. The van der Waals surface area contributed by atoms with Gasteiger partial charge >= 0.3 is 6.09 Å². The van der Waals surface area contributed by atoms with Crippen LogP contribution in [0.1, 0.15) is 38.3 Å². The van der Waals surface area contributed by atoms with E-state index in [4.69, 9.17) is 4.74 Å². The molecule has 4 N–H and O–H groups in total. The average Bonchev–Trinajstić information content (AvgIpc) is 2.50. The van der Waals surface area contributed by atoms with E-state index < -0.39 is 17.2 Å².